The fourth-order valence-corrected chi connectivity index (χ4v) is 1.52. The maximum Gasteiger partial charge on any atom is 0.327 e. The number of rotatable bonds is 4. The summed E-state index contributed by atoms with van der Waals surface area (Å²) in [6.45, 7) is 2.17. The van der Waals surface area contributed by atoms with Gasteiger partial charge in [0.25, 0.3) is 0 Å². The van der Waals surface area contributed by atoms with Crippen LogP contribution < -0.4 is 0 Å². The molecule has 0 fully saturated rings. The largest absolute Gasteiger partial charge is 0.506 e. The monoisotopic (exact) mass is 247 g/mol. The first-order valence-electron chi connectivity index (χ1n) is 5.51. The molecule has 0 amide bonds. The number of hydrogen-bond acceptors (Lipinski definition) is 5. The normalized spacial score (nSPS) is 10.3. The maximum atomic E-state index is 11.3. The topological polar surface area (TPSA) is 77.2 Å². The van der Waals surface area contributed by atoms with Gasteiger partial charge in [0.2, 0.25) is 0 Å². The number of nitrogens with zero attached hydrogens (tertiary/aromatic N) is 3. The average molecular weight is 247 g/mol. The third-order valence-corrected chi connectivity index (χ3v) is 2.29. The van der Waals surface area contributed by atoms with E-state index in [1.807, 2.05) is 0 Å². The van der Waals surface area contributed by atoms with Crippen molar-refractivity contribution >= 4 is 5.97 Å². The van der Waals surface area contributed by atoms with Crippen molar-refractivity contribution in [3.63, 3.8) is 0 Å². The van der Waals surface area contributed by atoms with Gasteiger partial charge in [0.05, 0.1) is 19.0 Å². The van der Waals surface area contributed by atoms with Crippen LogP contribution in [0.1, 0.15) is 6.92 Å². The Morgan fingerprint density at radius 3 is 2.94 bits per heavy atom. The van der Waals surface area contributed by atoms with Crippen molar-refractivity contribution in [2.24, 2.45) is 0 Å². The Balaban J connectivity index is 2.13. The quantitative estimate of drug-likeness (QED) is 0.822. The van der Waals surface area contributed by atoms with Crippen molar-refractivity contribution in [3.8, 4) is 16.9 Å². The lowest BCUT2D eigenvalue weighted by molar-refractivity contribution is -0.144. The molecular formula is C12H13N3O3. The molecule has 6 heteroatoms. The van der Waals surface area contributed by atoms with Gasteiger partial charge in [-0.2, -0.15) is 5.10 Å². The number of aromatic hydroxyl groups is 1. The summed E-state index contributed by atoms with van der Waals surface area (Å²) >= 11 is 0. The number of pyridine rings is 1. The van der Waals surface area contributed by atoms with Crippen molar-refractivity contribution in [2.75, 3.05) is 6.61 Å². The average Bonchev–Trinajstić information content (AvgIpc) is 2.78. The van der Waals surface area contributed by atoms with E-state index < -0.39 is 0 Å². The standard InChI is InChI=1S/C12H13N3O3/c1-2-18-12(17)8-15-7-10(5-14-15)9-3-11(16)6-13-4-9/h3-7,16H,2,8H2,1H3. The molecule has 6 nitrogen and oxygen atoms in total. The van der Waals surface area contributed by atoms with Gasteiger partial charge in [0.15, 0.2) is 0 Å². The summed E-state index contributed by atoms with van der Waals surface area (Å²) < 4.78 is 6.31. The zero-order chi connectivity index (χ0) is 13.0. The summed E-state index contributed by atoms with van der Waals surface area (Å²) in [4.78, 5) is 15.2. The fraction of sp³-hybridized carbons (Fsp3) is 0.250. The number of ether oxygens (including phenoxy) is 1. The van der Waals surface area contributed by atoms with Gasteiger partial charge < -0.3 is 9.84 Å². The van der Waals surface area contributed by atoms with Gasteiger partial charge in [-0.05, 0) is 13.0 Å². The fourth-order valence-electron chi connectivity index (χ4n) is 1.52. The number of carbonyl (C=O) groups excluding carboxylic acids is 1. The second-order valence-electron chi connectivity index (χ2n) is 3.66. The van der Waals surface area contributed by atoms with Crippen LogP contribution in [-0.4, -0.2) is 32.4 Å². The SMILES string of the molecule is CCOC(=O)Cn1cc(-c2cncc(O)c2)cn1. The molecule has 0 aromatic carbocycles. The van der Waals surface area contributed by atoms with E-state index in [0.717, 1.165) is 11.1 Å². The van der Waals surface area contributed by atoms with Crippen molar-refractivity contribution in [2.45, 2.75) is 13.5 Å². The van der Waals surface area contributed by atoms with Crippen LogP contribution in [0.2, 0.25) is 0 Å². The molecule has 1 N–H and O–H groups in total. The third kappa shape index (κ3) is 2.85. The van der Waals surface area contributed by atoms with E-state index in [-0.39, 0.29) is 18.3 Å². The number of hydrogen-bond donors (Lipinski definition) is 1. The molecule has 0 bridgehead atoms. The summed E-state index contributed by atoms with van der Waals surface area (Å²) in [5, 5.41) is 13.4. The van der Waals surface area contributed by atoms with E-state index in [9.17, 15) is 9.90 Å². The van der Waals surface area contributed by atoms with Crippen LogP contribution in [0.4, 0.5) is 0 Å². The van der Waals surface area contributed by atoms with Crippen molar-refractivity contribution in [3.05, 3.63) is 30.9 Å². The summed E-state index contributed by atoms with van der Waals surface area (Å²) in [5.41, 5.74) is 1.52. The Bertz CT molecular complexity index is 551. The lowest BCUT2D eigenvalue weighted by Crippen LogP contribution is -2.13. The molecule has 0 aliphatic heterocycles. The minimum absolute atomic E-state index is 0.0695. The van der Waals surface area contributed by atoms with Gasteiger partial charge in [-0.15, -0.1) is 0 Å². The molecule has 0 unspecified atom stereocenters. The number of aromatic nitrogens is 3. The molecule has 2 heterocycles. The first kappa shape index (κ1) is 12.1. The Labute approximate surface area is 104 Å². The molecule has 94 valence electrons. The highest BCUT2D eigenvalue weighted by Crippen LogP contribution is 2.20. The van der Waals surface area contributed by atoms with Gasteiger partial charge in [-0.3, -0.25) is 14.5 Å². The Morgan fingerprint density at radius 1 is 1.39 bits per heavy atom. The Kier molecular flexibility index (Phi) is 3.57. The van der Waals surface area contributed by atoms with Crippen molar-refractivity contribution < 1.29 is 14.6 Å². The Morgan fingerprint density at radius 2 is 2.22 bits per heavy atom. The molecule has 0 atom stereocenters. The lowest BCUT2D eigenvalue weighted by Gasteiger charge is -2.01. The third-order valence-electron chi connectivity index (χ3n) is 2.29. The summed E-state index contributed by atoms with van der Waals surface area (Å²) in [6, 6.07) is 1.58. The smallest absolute Gasteiger partial charge is 0.327 e. The highest BCUT2D eigenvalue weighted by molar-refractivity contribution is 5.69. The van der Waals surface area contributed by atoms with E-state index >= 15 is 0 Å². The van der Waals surface area contributed by atoms with Crippen LogP contribution >= 0.6 is 0 Å². The van der Waals surface area contributed by atoms with E-state index in [2.05, 4.69) is 10.1 Å². The highest BCUT2D eigenvalue weighted by atomic mass is 16.5. The zero-order valence-electron chi connectivity index (χ0n) is 9.91. The van der Waals surface area contributed by atoms with Gasteiger partial charge in [0.1, 0.15) is 12.3 Å². The molecule has 0 saturated heterocycles. The van der Waals surface area contributed by atoms with E-state index in [0.29, 0.717) is 6.61 Å². The number of esters is 1. The molecule has 2 rings (SSSR count). The molecular weight excluding hydrogens is 234 g/mol. The predicted molar refractivity (Wildman–Crippen MR) is 63.8 cm³/mol. The van der Waals surface area contributed by atoms with Crippen LogP contribution in [0.3, 0.4) is 0 Å². The van der Waals surface area contributed by atoms with Gasteiger partial charge in [0, 0.05) is 23.5 Å². The first-order chi connectivity index (χ1) is 8.69. The van der Waals surface area contributed by atoms with Crippen LogP contribution in [-0.2, 0) is 16.1 Å². The number of carbonyl (C=O) groups is 1. The van der Waals surface area contributed by atoms with Crippen molar-refractivity contribution in [1.82, 2.24) is 14.8 Å². The predicted octanol–water partition coefficient (Wildman–Crippen LogP) is 1.21. The molecule has 0 saturated carbocycles. The second-order valence-corrected chi connectivity index (χ2v) is 3.66. The molecule has 0 aliphatic rings. The molecule has 2 aromatic rings. The summed E-state index contributed by atoms with van der Waals surface area (Å²) in [5.74, 6) is -0.244. The van der Waals surface area contributed by atoms with Gasteiger partial charge in [-0.25, -0.2) is 0 Å². The summed E-state index contributed by atoms with van der Waals surface area (Å²) in [7, 11) is 0. The van der Waals surface area contributed by atoms with Crippen LogP contribution in [0.5, 0.6) is 5.75 Å². The van der Waals surface area contributed by atoms with Crippen LogP contribution in [0.25, 0.3) is 11.1 Å². The van der Waals surface area contributed by atoms with E-state index in [4.69, 9.17) is 4.74 Å². The zero-order valence-corrected chi connectivity index (χ0v) is 9.91. The lowest BCUT2D eigenvalue weighted by atomic mass is 10.2. The van der Waals surface area contributed by atoms with Gasteiger partial charge in [-0.1, -0.05) is 0 Å². The minimum atomic E-state index is -0.332. The molecule has 18 heavy (non-hydrogen) atoms. The molecule has 2 aromatic heterocycles. The summed E-state index contributed by atoms with van der Waals surface area (Å²) in [6.07, 6.45) is 6.28. The van der Waals surface area contributed by atoms with E-state index in [1.54, 1.807) is 31.6 Å². The van der Waals surface area contributed by atoms with Crippen LogP contribution in [0, 0.1) is 0 Å². The Hall–Kier alpha value is -2.37. The van der Waals surface area contributed by atoms with E-state index in [1.165, 1.54) is 10.9 Å². The molecule has 0 spiro atoms. The van der Waals surface area contributed by atoms with Gasteiger partial charge >= 0.3 is 5.97 Å². The molecule has 0 radical (unpaired) electrons. The maximum absolute atomic E-state index is 11.3. The second kappa shape index (κ2) is 5.31. The highest BCUT2D eigenvalue weighted by Gasteiger charge is 2.07. The van der Waals surface area contributed by atoms with Crippen molar-refractivity contribution in [1.29, 1.82) is 0 Å². The minimum Gasteiger partial charge on any atom is -0.506 e. The molecule has 0 aliphatic carbocycles. The first-order valence-corrected chi connectivity index (χ1v) is 5.51. The van der Waals surface area contributed by atoms with Crippen LogP contribution in [0.15, 0.2) is 30.9 Å².